The van der Waals surface area contributed by atoms with Gasteiger partial charge in [-0.05, 0) is 50.7 Å². The molecular weight excluding hydrogens is 498 g/mol. The number of aliphatic hydroxyl groups is 6. The standard InChI is InChI=1S/C26H57N3O9/c1-36-22-23-38-25-24-37-21-5-26(2-6-27(9-15-30)10-16-31,3-7-28(11-17-32)12-18-33)4-8-29(13-19-34)14-20-35/h30-35H,2-25H2,1H3. The smallest absolute Gasteiger partial charge is 0.0701 e. The van der Waals surface area contributed by atoms with Gasteiger partial charge in [-0.15, -0.1) is 0 Å². The van der Waals surface area contributed by atoms with E-state index in [1.807, 2.05) is 0 Å². The van der Waals surface area contributed by atoms with E-state index >= 15 is 0 Å². The SMILES string of the molecule is COCCOCCOCCC(CCN(CCO)CCO)(CCN(CCO)CCO)CCN(CCO)CCO. The molecule has 0 aliphatic heterocycles. The Labute approximate surface area is 229 Å². The molecule has 0 amide bonds. The van der Waals surface area contributed by atoms with Crippen molar-refractivity contribution in [1.29, 1.82) is 0 Å². The van der Waals surface area contributed by atoms with Gasteiger partial charge in [0.05, 0.1) is 66.1 Å². The summed E-state index contributed by atoms with van der Waals surface area (Å²) in [6.07, 6.45) is 3.19. The van der Waals surface area contributed by atoms with Crippen LogP contribution in [-0.2, 0) is 14.2 Å². The van der Waals surface area contributed by atoms with Gasteiger partial charge in [0.1, 0.15) is 0 Å². The lowest BCUT2D eigenvalue weighted by atomic mass is 9.74. The summed E-state index contributed by atoms with van der Waals surface area (Å²) >= 11 is 0. The van der Waals surface area contributed by atoms with Crippen molar-refractivity contribution in [3.05, 3.63) is 0 Å². The fourth-order valence-corrected chi connectivity index (χ4v) is 4.54. The molecule has 12 heteroatoms. The van der Waals surface area contributed by atoms with Crippen LogP contribution in [-0.4, -0.2) is 184 Å². The maximum atomic E-state index is 9.49. The van der Waals surface area contributed by atoms with Gasteiger partial charge in [0.2, 0.25) is 0 Å². The van der Waals surface area contributed by atoms with Crippen LogP contribution in [0.1, 0.15) is 25.7 Å². The fraction of sp³-hybridized carbons (Fsp3) is 1.00. The summed E-state index contributed by atoms with van der Waals surface area (Å²) in [4.78, 5) is 6.16. The predicted octanol–water partition coefficient (Wildman–Crippen LogP) is -1.93. The molecular formula is C26H57N3O9. The summed E-state index contributed by atoms with van der Waals surface area (Å²) in [5.74, 6) is 0. The van der Waals surface area contributed by atoms with Crippen LogP contribution in [0.2, 0.25) is 0 Å². The molecule has 230 valence electrons. The van der Waals surface area contributed by atoms with E-state index in [2.05, 4.69) is 14.7 Å². The molecule has 0 heterocycles. The first-order valence-corrected chi connectivity index (χ1v) is 14.0. The molecule has 0 saturated heterocycles. The van der Waals surface area contributed by atoms with E-state index in [-0.39, 0.29) is 45.1 Å². The number of hydrogen-bond donors (Lipinski definition) is 6. The molecule has 0 radical (unpaired) electrons. The minimum absolute atomic E-state index is 0.0146. The molecule has 0 fully saturated rings. The Morgan fingerprint density at radius 3 is 1.05 bits per heavy atom. The monoisotopic (exact) mass is 555 g/mol. The molecule has 0 rings (SSSR count). The van der Waals surface area contributed by atoms with E-state index in [0.29, 0.717) is 91.9 Å². The highest BCUT2D eigenvalue weighted by Gasteiger charge is 2.31. The number of aliphatic hydroxyl groups excluding tert-OH is 6. The molecule has 6 N–H and O–H groups in total. The lowest BCUT2D eigenvalue weighted by molar-refractivity contribution is 0.00835. The third kappa shape index (κ3) is 19.6. The van der Waals surface area contributed by atoms with Gasteiger partial charge in [-0.3, -0.25) is 14.7 Å². The summed E-state index contributed by atoms with van der Waals surface area (Å²) in [6.45, 7) is 7.61. The second-order valence-electron chi connectivity index (χ2n) is 9.58. The Morgan fingerprint density at radius 2 is 0.737 bits per heavy atom. The Morgan fingerprint density at radius 1 is 0.421 bits per heavy atom. The zero-order valence-corrected chi connectivity index (χ0v) is 23.7. The van der Waals surface area contributed by atoms with Crippen molar-refractivity contribution >= 4 is 0 Å². The zero-order valence-electron chi connectivity index (χ0n) is 23.7. The van der Waals surface area contributed by atoms with Gasteiger partial charge < -0.3 is 44.8 Å². The topological polar surface area (TPSA) is 159 Å². The van der Waals surface area contributed by atoms with Crippen molar-refractivity contribution in [2.45, 2.75) is 25.7 Å². The first kappa shape index (κ1) is 37.5. The van der Waals surface area contributed by atoms with E-state index in [0.717, 1.165) is 25.7 Å². The van der Waals surface area contributed by atoms with Crippen LogP contribution >= 0.6 is 0 Å². The summed E-state index contributed by atoms with van der Waals surface area (Å²) < 4.78 is 16.4. The van der Waals surface area contributed by atoms with E-state index < -0.39 is 0 Å². The molecule has 38 heavy (non-hydrogen) atoms. The highest BCUT2D eigenvalue weighted by atomic mass is 16.5. The van der Waals surface area contributed by atoms with Gasteiger partial charge in [0.15, 0.2) is 0 Å². The molecule has 0 aliphatic carbocycles. The van der Waals surface area contributed by atoms with Crippen molar-refractivity contribution in [1.82, 2.24) is 14.7 Å². The third-order valence-corrected chi connectivity index (χ3v) is 6.95. The maximum Gasteiger partial charge on any atom is 0.0701 e. The lowest BCUT2D eigenvalue weighted by Gasteiger charge is -2.39. The number of methoxy groups -OCH3 is 1. The molecule has 0 aromatic heterocycles. The average molecular weight is 556 g/mol. The molecule has 0 aromatic rings. The summed E-state index contributed by atoms with van der Waals surface area (Å²) in [5, 5.41) is 56.9. The van der Waals surface area contributed by atoms with Crippen molar-refractivity contribution in [3.63, 3.8) is 0 Å². The number of ether oxygens (including phenoxy) is 3. The maximum absolute atomic E-state index is 9.49. The van der Waals surface area contributed by atoms with Crippen LogP contribution in [0.5, 0.6) is 0 Å². The predicted molar refractivity (Wildman–Crippen MR) is 146 cm³/mol. The van der Waals surface area contributed by atoms with Gasteiger partial charge in [-0.1, -0.05) is 0 Å². The minimum atomic E-state index is -0.174. The van der Waals surface area contributed by atoms with Gasteiger partial charge in [-0.2, -0.15) is 0 Å². The second kappa shape index (κ2) is 26.7. The summed E-state index contributed by atoms with van der Waals surface area (Å²) in [7, 11) is 1.63. The second-order valence-corrected chi connectivity index (χ2v) is 9.58. The van der Waals surface area contributed by atoms with E-state index in [1.54, 1.807) is 7.11 Å². The van der Waals surface area contributed by atoms with Gasteiger partial charge in [0.25, 0.3) is 0 Å². The highest BCUT2D eigenvalue weighted by Crippen LogP contribution is 2.36. The van der Waals surface area contributed by atoms with Crippen molar-refractivity contribution in [3.8, 4) is 0 Å². The minimum Gasteiger partial charge on any atom is -0.395 e. The molecule has 0 bridgehead atoms. The van der Waals surface area contributed by atoms with Gasteiger partial charge in [-0.25, -0.2) is 0 Å². The highest BCUT2D eigenvalue weighted by molar-refractivity contribution is 4.84. The number of hydrogen-bond acceptors (Lipinski definition) is 12. The van der Waals surface area contributed by atoms with Crippen LogP contribution in [0, 0.1) is 5.41 Å². The summed E-state index contributed by atoms with van der Waals surface area (Å²) in [5.41, 5.74) is -0.174. The first-order valence-electron chi connectivity index (χ1n) is 14.0. The number of rotatable bonds is 30. The Kier molecular flexibility index (Phi) is 26.4. The van der Waals surface area contributed by atoms with Crippen LogP contribution < -0.4 is 0 Å². The molecule has 0 unspecified atom stereocenters. The molecule has 0 aliphatic rings. The van der Waals surface area contributed by atoms with E-state index in [4.69, 9.17) is 14.2 Å². The Hall–Kier alpha value is -0.480. The largest absolute Gasteiger partial charge is 0.395 e. The van der Waals surface area contributed by atoms with E-state index in [9.17, 15) is 30.6 Å². The van der Waals surface area contributed by atoms with E-state index in [1.165, 1.54) is 0 Å². The third-order valence-electron chi connectivity index (χ3n) is 6.95. The van der Waals surface area contributed by atoms with Crippen molar-refractivity contribution in [2.24, 2.45) is 5.41 Å². The van der Waals surface area contributed by atoms with Gasteiger partial charge >= 0.3 is 0 Å². The van der Waals surface area contributed by atoms with Crippen LogP contribution in [0.3, 0.4) is 0 Å². The number of nitrogens with zero attached hydrogens (tertiary/aromatic N) is 3. The Bertz CT molecular complexity index is 427. The molecule has 12 nitrogen and oxygen atoms in total. The lowest BCUT2D eigenvalue weighted by Crippen LogP contribution is -2.41. The quantitative estimate of drug-likeness (QED) is 0.0546. The van der Waals surface area contributed by atoms with Crippen LogP contribution in [0.4, 0.5) is 0 Å². The molecule has 0 saturated carbocycles. The molecule has 0 spiro atoms. The molecule has 0 atom stereocenters. The molecule has 0 aromatic carbocycles. The normalized spacial score (nSPS) is 12.5. The summed E-state index contributed by atoms with van der Waals surface area (Å²) in [6, 6.07) is 0. The van der Waals surface area contributed by atoms with Crippen LogP contribution in [0.25, 0.3) is 0 Å². The Balaban J connectivity index is 5.57. The zero-order chi connectivity index (χ0) is 28.3. The first-order chi connectivity index (χ1) is 18.5. The fourth-order valence-electron chi connectivity index (χ4n) is 4.54. The van der Waals surface area contributed by atoms with Crippen molar-refractivity contribution in [2.75, 3.05) is 139 Å². The van der Waals surface area contributed by atoms with Crippen LogP contribution in [0.15, 0.2) is 0 Å². The average Bonchev–Trinajstić information content (AvgIpc) is 2.91. The van der Waals surface area contributed by atoms with Crippen molar-refractivity contribution < 1.29 is 44.8 Å². The van der Waals surface area contributed by atoms with Gasteiger partial charge in [0, 0.05) is 53.0 Å².